The van der Waals surface area contributed by atoms with Gasteiger partial charge in [0.05, 0.1) is 6.10 Å². The molecule has 7 atom stereocenters. The van der Waals surface area contributed by atoms with Crippen molar-refractivity contribution in [3.63, 3.8) is 0 Å². The highest BCUT2D eigenvalue weighted by Gasteiger charge is 2.80. The summed E-state index contributed by atoms with van der Waals surface area (Å²) >= 11 is 0. The Labute approximate surface area is 97.4 Å². The Morgan fingerprint density at radius 2 is 2.00 bits per heavy atom. The van der Waals surface area contributed by atoms with Gasteiger partial charge in [-0.25, -0.2) is 0 Å². The van der Waals surface area contributed by atoms with E-state index in [4.69, 9.17) is 0 Å². The number of fused-ring (bicyclic) bond motifs is 1. The summed E-state index contributed by atoms with van der Waals surface area (Å²) in [6.45, 7) is 8.54. The number of aliphatic hydroxyl groups excluding tert-OH is 1. The van der Waals surface area contributed by atoms with Gasteiger partial charge >= 0.3 is 0 Å². The van der Waals surface area contributed by atoms with Crippen LogP contribution in [0.5, 0.6) is 0 Å². The lowest BCUT2D eigenvalue weighted by molar-refractivity contribution is -0.125. The molecular weight excluding hydrogens is 200 g/mol. The molecule has 90 valence electrons. The first kappa shape index (κ1) is 10.8. The van der Waals surface area contributed by atoms with E-state index in [-0.39, 0.29) is 17.4 Å². The Kier molecular flexibility index (Phi) is 1.83. The minimum absolute atomic E-state index is 0.132. The van der Waals surface area contributed by atoms with Crippen molar-refractivity contribution in [2.24, 2.45) is 34.5 Å². The van der Waals surface area contributed by atoms with Gasteiger partial charge in [-0.3, -0.25) is 4.79 Å². The zero-order valence-corrected chi connectivity index (χ0v) is 10.7. The van der Waals surface area contributed by atoms with Crippen LogP contribution in [-0.4, -0.2) is 17.0 Å². The predicted octanol–water partition coefficient (Wildman–Crippen LogP) is 2.25. The number of hydrogen-bond donors (Lipinski definition) is 1. The number of hydrogen-bond acceptors (Lipinski definition) is 2. The van der Waals surface area contributed by atoms with Crippen LogP contribution in [0.4, 0.5) is 0 Å². The van der Waals surface area contributed by atoms with Gasteiger partial charge in [0, 0.05) is 5.92 Å². The summed E-state index contributed by atoms with van der Waals surface area (Å²) in [6.07, 6.45) is 1.88. The van der Waals surface area contributed by atoms with Gasteiger partial charge in [-0.05, 0) is 48.3 Å². The lowest BCUT2D eigenvalue weighted by Gasteiger charge is -2.45. The summed E-state index contributed by atoms with van der Waals surface area (Å²) in [5.74, 6) is 2.02. The van der Waals surface area contributed by atoms with Crippen LogP contribution in [0.15, 0.2) is 0 Å². The number of Topliss-reactive ketones (excluding diaryl/α,β-unsaturated/α-hetero) is 1. The molecule has 3 fully saturated rings. The Balaban J connectivity index is 1.98. The van der Waals surface area contributed by atoms with Crippen LogP contribution < -0.4 is 0 Å². The van der Waals surface area contributed by atoms with E-state index in [2.05, 4.69) is 20.8 Å². The second-order valence-electron chi connectivity index (χ2n) is 6.86. The van der Waals surface area contributed by atoms with Crippen molar-refractivity contribution in [2.75, 3.05) is 0 Å². The average molecular weight is 222 g/mol. The highest BCUT2D eigenvalue weighted by Crippen LogP contribution is 2.82. The van der Waals surface area contributed by atoms with Crippen LogP contribution in [0.1, 0.15) is 40.5 Å². The van der Waals surface area contributed by atoms with Crippen LogP contribution in [-0.2, 0) is 4.79 Å². The van der Waals surface area contributed by atoms with Crippen molar-refractivity contribution >= 4 is 5.78 Å². The van der Waals surface area contributed by atoms with Gasteiger partial charge in [0.15, 0.2) is 0 Å². The third kappa shape index (κ3) is 0.883. The average Bonchev–Trinajstić information content (AvgIpc) is 2.78. The molecule has 0 saturated heterocycles. The highest BCUT2D eigenvalue weighted by molar-refractivity contribution is 5.78. The number of aliphatic hydroxyl groups is 1. The van der Waals surface area contributed by atoms with Gasteiger partial charge in [0.2, 0.25) is 0 Å². The van der Waals surface area contributed by atoms with Crippen molar-refractivity contribution in [2.45, 2.75) is 46.6 Å². The van der Waals surface area contributed by atoms with Crippen LogP contribution in [0, 0.1) is 34.5 Å². The van der Waals surface area contributed by atoms with Crippen LogP contribution in [0.3, 0.4) is 0 Å². The summed E-state index contributed by atoms with van der Waals surface area (Å²) in [5, 5.41) is 10.3. The summed E-state index contributed by atoms with van der Waals surface area (Å²) in [6, 6.07) is 0. The smallest absolute Gasteiger partial charge is 0.132 e. The number of ketones is 1. The van der Waals surface area contributed by atoms with Gasteiger partial charge < -0.3 is 5.11 Å². The largest absolute Gasteiger partial charge is 0.393 e. The lowest BCUT2D eigenvalue weighted by Crippen LogP contribution is -2.42. The molecule has 3 aliphatic rings. The van der Waals surface area contributed by atoms with Gasteiger partial charge in [-0.1, -0.05) is 20.8 Å². The molecule has 0 aromatic rings. The fourth-order valence-electron chi connectivity index (χ4n) is 5.22. The summed E-state index contributed by atoms with van der Waals surface area (Å²) in [5.41, 5.74) is 0.494. The first-order chi connectivity index (χ1) is 7.34. The molecule has 3 rings (SSSR count). The van der Waals surface area contributed by atoms with Crippen molar-refractivity contribution in [1.29, 1.82) is 0 Å². The van der Waals surface area contributed by atoms with Crippen LogP contribution in [0.25, 0.3) is 0 Å². The SMILES string of the molecule is CC(=O)[C@@H]1C[C@@H]2[C@@H]3[C@H](O)[C@@H](C)[C@](C)(C1)[C@@]32C. The van der Waals surface area contributed by atoms with E-state index in [0.717, 1.165) is 12.8 Å². The second-order valence-corrected chi connectivity index (χ2v) is 6.86. The zero-order chi connectivity index (χ0) is 11.9. The number of carbonyl (C=O) groups excluding carboxylic acids is 1. The summed E-state index contributed by atoms with van der Waals surface area (Å²) in [4.78, 5) is 11.6. The molecule has 1 N–H and O–H groups in total. The first-order valence-corrected chi connectivity index (χ1v) is 6.52. The second kappa shape index (κ2) is 2.72. The van der Waals surface area contributed by atoms with E-state index in [1.165, 1.54) is 0 Å². The molecule has 0 radical (unpaired) electrons. The molecule has 2 nitrogen and oxygen atoms in total. The topological polar surface area (TPSA) is 37.3 Å². The zero-order valence-electron chi connectivity index (χ0n) is 10.7. The molecule has 0 bridgehead atoms. The fourth-order valence-corrected chi connectivity index (χ4v) is 5.22. The van der Waals surface area contributed by atoms with E-state index < -0.39 is 0 Å². The molecule has 3 saturated carbocycles. The van der Waals surface area contributed by atoms with Gasteiger partial charge in [-0.2, -0.15) is 0 Å². The van der Waals surface area contributed by atoms with Crippen molar-refractivity contribution in [3.8, 4) is 0 Å². The highest BCUT2D eigenvalue weighted by atomic mass is 16.3. The maximum absolute atomic E-state index is 11.6. The van der Waals surface area contributed by atoms with Crippen molar-refractivity contribution < 1.29 is 9.90 Å². The van der Waals surface area contributed by atoms with Gasteiger partial charge in [-0.15, -0.1) is 0 Å². The molecule has 3 aliphatic carbocycles. The van der Waals surface area contributed by atoms with E-state index in [0.29, 0.717) is 29.0 Å². The van der Waals surface area contributed by atoms with Crippen LogP contribution in [0.2, 0.25) is 0 Å². The van der Waals surface area contributed by atoms with E-state index in [1.54, 1.807) is 6.92 Å². The number of rotatable bonds is 1. The third-order valence-electron chi connectivity index (χ3n) is 6.69. The summed E-state index contributed by atoms with van der Waals surface area (Å²) < 4.78 is 0. The maximum atomic E-state index is 11.6. The van der Waals surface area contributed by atoms with Gasteiger partial charge in [0.1, 0.15) is 5.78 Å². The molecule has 0 aromatic carbocycles. The van der Waals surface area contributed by atoms with E-state index in [1.807, 2.05) is 0 Å². The minimum atomic E-state index is -0.132. The molecule has 16 heavy (non-hydrogen) atoms. The van der Waals surface area contributed by atoms with Crippen molar-refractivity contribution in [1.82, 2.24) is 0 Å². The maximum Gasteiger partial charge on any atom is 0.132 e. The number of carbonyl (C=O) groups is 1. The Morgan fingerprint density at radius 3 is 2.56 bits per heavy atom. The molecular formula is C14H22O2. The fraction of sp³-hybridized carbons (Fsp3) is 0.929. The molecule has 0 spiro atoms. The van der Waals surface area contributed by atoms with Crippen LogP contribution >= 0.6 is 0 Å². The summed E-state index contributed by atoms with van der Waals surface area (Å²) in [7, 11) is 0. The van der Waals surface area contributed by atoms with Gasteiger partial charge in [0.25, 0.3) is 0 Å². The molecule has 2 heteroatoms. The Hall–Kier alpha value is -0.370. The molecule has 0 amide bonds. The molecule has 0 aromatic heterocycles. The normalized spacial score (nSPS) is 62.9. The quantitative estimate of drug-likeness (QED) is 0.739. The Morgan fingerprint density at radius 1 is 1.38 bits per heavy atom. The van der Waals surface area contributed by atoms with E-state index >= 15 is 0 Å². The Bertz CT molecular complexity index is 364. The third-order valence-corrected chi connectivity index (χ3v) is 6.69. The monoisotopic (exact) mass is 222 g/mol. The predicted molar refractivity (Wildman–Crippen MR) is 61.8 cm³/mol. The first-order valence-electron chi connectivity index (χ1n) is 6.52. The minimum Gasteiger partial charge on any atom is -0.393 e. The lowest BCUT2D eigenvalue weighted by atomic mass is 9.59. The molecule has 0 unspecified atom stereocenters. The molecule has 0 heterocycles. The molecule has 0 aliphatic heterocycles. The standard InChI is InChI=1S/C14H22O2/c1-7-12(16)11-10-5-9(8(2)15)6-13(7,3)14(10,11)4/h7,9-12,16H,5-6H2,1-4H3/t7-,9-,10-,11-,12-,13+,14-/m1/s1. The van der Waals surface area contributed by atoms with E-state index in [9.17, 15) is 9.90 Å². The van der Waals surface area contributed by atoms with Crippen molar-refractivity contribution in [3.05, 3.63) is 0 Å².